The molecule has 3 aromatic rings. The first-order valence-corrected chi connectivity index (χ1v) is 7.19. The van der Waals surface area contributed by atoms with E-state index in [0.717, 1.165) is 36.5 Å². The number of rotatable bonds is 5. The van der Waals surface area contributed by atoms with Crippen LogP contribution >= 0.6 is 11.7 Å². The molecule has 104 valence electrons. The van der Waals surface area contributed by atoms with E-state index in [2.05, 4.69) is 47.6 Å². The standard InChI is InChI=1S/C13H16N6S/c1-10-15-14-9-19(10)6-5-18(2)8-11-3-4-12-13(7-11)17-20-16-12/h3-4,7,9H,5-6,8H2,1-2H3. The van der Waals surface area contributed by atoms with Crippen molar-refractivity contribution in [1.82, 2.24) is 28.4 Å². The molecule has 0 fully saturated rings. The first kappa shape index (κ1) is 13.1. The van der Waals surface area contributed by atoms with Gasteiger partial charge in [0.25, 0.3) is 0 Å². The molecule has 0 aliphatic heterocycles. The van der Waals surface area contributed by atoms with Gasteiger partial charge in [-0.2, -0.15) is 8.75 Å². The Bertz CT molecular complexity index is 704. The topological polar surface area (TPSA) is 59.7 Å². The van der Waals surface area contributed by atoms with Crippen LogP contribution in [-0.4, -0.2) is 42.0 Å². The van der Waals surface area contributed by atoms with Crippen molar-refractivity contribution in [3.8, 4) is 0 Å². The highest BCUT2D eigenvalue weighted by molar-refractivity contribution is 7.00. The number of benzene rings is 1. The van der Waals surface area contributed by atoms with Crippen LogP contribution < -0.4 is 0 Å². The third kappa shape index (κ3) is 2.83. The van der Waals surface area contributed by atoms with Crippen LogP contribution in [0.4, 0.5) is 0 Å². The van der Waals surface area contributed by atoms with Crippen LogP contribution in [0, 0.1) is 6.92 Å². The molecule has 0 amide bonds. The summed E-state index contributed by atoms with van der Waals surface area (Å²) in [5, 5.41) is 7.88. The quantitative estimate of drug-likeness (QED) is 0.715. The Hall–Kier alpha value is -1.86. The molecule has 7 heteroatoms. The number of nitrogens with zero attached hydrogens (tertiary/aromatic N) is 6. The normalized spacial score (nSPS) is 11.6. The van der Waals surface area contributed by atoms with E-state index in [-0.39, 0.29) is 0 Å². The minimum absolute atomic E-state index is 0.897. The van der Waals surface area contributed by atoms with Crippen LogP contribution in [0.1, 0.15) is 11.4 Å². The zero-order valence-electron chi connectivity index (χ0n) is 11.5. The molecule has 2 heterocycles. The van der Waals surface area contributed by atoms with Gasteiger partial charge in [0.05, 0.1) is 11.7 Å². The molecular weight excluding hydrogens is 272 g/mol. The Kier molecular flexibility index (Phi) is 3.70. The van der Waals surface area contributed by atoms with Crippen LogP contribution in [0.3, 0.4) is 0 Å². The smallest absolute Gasteiger partial charge is 0.129 e. The lowest BCUT2D eigenvalue weighted by Crippen LogP contribution is -2.23. The van der Waals surface area contributed by atoms with E-state index >= 15 is 0 Å². The molecule has 1 aromatic carbocycles. The van der Waals surface area contributed by atoms with Gasteiger partial charge in [0.2, 0.25) is 0 Å². The molecule has 0 aliphatic rings. The van der Waals surface area contributed by atoms with Gasteiger partial charge in [-0.15, -0.1) is 10.2 Å². The SMILES string of the molecule is Cc1nncn1CCN(C)Cc1ccc2nsnc2c1. The van der Waals surface area contributed by atoms with Crippen LogP contribution in [0.25, 0.3) is 11.0 Å². The molecular formula is C13H16N6S. The van der Waals surface area contributed by atoms with Crippen molar-refractivity contribution < 1.29 is 0 Å². The van der Waals surface area contributed by atoms with Crippen LogP contribution in [0.15, 0.2) is 24.5 Å². The van der Waals surface area contributed by atoms with Gasteiger partial charge in [0.1, 0.15) is 23.2 Å². The zero-order valence-corrected chi connectivity index (χ0v) is 12.3. The summed E-state index contributed by atoms with van der Waals surface area (Å²) in [5.74, 6) is 0.952. The number of hydrogen-bond donors (Lipinski definition) is 0. The van der Waals surface area contributed by atoms with Crippen molar-refractivity contribution in [1.29, 1.82) is 0 Å². The maximum absolute atomic E-state index is 4.28. The highest BCUT2D eigenvalue weighted by Crippen LogP contribution is 2.14. The van der Waals surface area contributed by atoms with Gasteiger partial charge < -0.3 is 9.47 Å². The summed E-state index contributed by atoms with van der Waals surface area (Å²) >= 11 is 1.26. The molecule has 0 aliphatic carbocycles. The predicted octanol–water partition coefficient (Wildman–Crippen LogP) is 1.72. The molecule has 0 unspecified atom stereocenters. The third-order valence-corrected chi connectivity index (χ3v) is 3.86. The van der Waals surface area contributed by atoms with Crippen molar-refractivity contribution >= 4 is 22.8 Å². The molecule has 0 spiro atoms. The summed E-state index contributed by atoms with van der Waals surface area (Å²) in [6.07, 6.45) is 1.77. The summed E-state index contributed by atoms with van der Waals surface area (Å²) in [5.41, 5.74) is 3.21. The van der Waals surface area contributed by atoms with Crippen LogP contribution in [0.5, 0.6) is 0 Å². The lowest BCUT2D eigenvalue weighted by atomic mass is 10.2. The first-order valence-electron chi connectivity index (χ1n) is 6.46. The van der Waals surface area contributed by atoms with Gasteiger partial charge in [-0.05, 0) is 31.7 Å². The van der Waals surface area contributed by atoms with E-state index in [1.165, 1.54) is 17.3 Å². The number of aryl methyl sites for hydroxylation is 1. The van der Waals surface area contributed by atoms with E-state index < -0.39 is 0 Å². The minimum Gasteiger partial charge on any atom is -0.317 e. The summed E-state index contributed by atoms with van der Waals surface area (Å²) in [4.78, 5) is 2.28. The van der Waals surface area contributed by atoms with Crippen molar-refractivity contribution in [2.75, 3.05) is 13.6 Å². The Morgan fingerprint density at radius 1 is 1.25 bits per heavy atom. The first-order chi connectivity index (χ1) is 9.72. The maximum atomic E-state index is 4.28. The third-order valence-electron chi connectivity index (χ3n) is 3.30. The molecule has 3 rings (SSSR count). The Morgan fingerprint density at radius 3 is 2.90 bits per heavy atom. The van der Waals surface area contributed by atoms with E-state index in [4.69, 9.17) is 0 Å². The van der Waals surface area contributed by atoms with Gasteiger partial charge in [0.15, 0.2) is 0 Å². The molecule has 0 atom stereocenters. The highest BCUT2D eigenvalue weighted by Gasteiger charge is 2.05. The van der Waals surface area contributed by atoms with Gasteiger partial charge in [0, 0.05) is 19.6 Å². The summed E-state index contributed by atoms with van der Waals surface area (Å²) in [6, 6.07) is 6.26. The Labute approximate surface area is 121 Å². The monoisotopic (exact) mass is 288 g/mol. The Morgan fingerprint density at radius 2 is 2.10 bits per heavy atom. The van der Waals surface area contributed by atoms with E-state index in [0.29, 0.717) is 0 Å². The minimum atomic E-state index is 0.897. The average Bonchev–Trinajstić information content (AvgIpc) is 3.04. The molecule has 2 aromatic heterocycles. The number of likely N-dealkylation sites (N-methyl/N-ethyl adjacent to an activating group) is 1. The van der Waals surface area contributed by atoms with E-state index in [1.807, 2.05) is 13.0 Å². The maximum Gasteiger partial charge on any atom is 0.129 e. The summed E-state index contributed by atoms with van der Waals surface area (Å²) < 4.78 is 10.6. The fourth-order valence-electron chi connectivity index (χ4n) is 2.13. The van der Waals surface area contributed by atoms with Crippen molar-refractivity contribution in [2.45, 2.75) is 20.0 Å². The van der Waals surface area contributed by atoms with Gasteiger partial charge >= 0.3 is 0 Å². The number of fused-ring (bicyclic) bond motifs is 1. The zero-order chi connectivity index (χ0) is 13.9. The fraction of sp³-hybridized carbons (Fsp3) is 0.385. The molecule has 6 nitrogen and oxygen atoms in total. The molecule has 0 bridgehead atoms. The van der Waals surface area contributed by atoms with E-state index in [1.54, 1.807) is 6.33 Å². The number of hydrogen-bond acceptors (Lipinski definition) is 6. The van der Waals surface area contributed by atoms with Crippen molar-refractivity contribution in [2.24, 2.45) is 0 Å². The van der Waals surface area contributed by atoms with Gasteiger partial charge in [-0.25, -0.2) is 0 Å². The average molecular weight is 288 g/mol. The lowest BCUT2D eigenvalue weighted by molar-refractivity contribution is 0.310. The fourth-order valence-corrected chi connectivity index (χ4v) is 2.64. The summed E-state index contributed by atoms with van der Waals surface area (Å²) in [7, 11) is 2.11. The predicted molar refractivity (Wildman–Crippen MR) is 78.5 cm³/mol. The highest BCUT2D eigenvalue weighted by atomic mass is 32.1. The van der Waals surface area contributed by atoms with E-state index in [9.17, 15) is 0 Å². The molecule has 20 heavy (non-hydrogen) atoms. The molecule has 0 N–H and O–H groups in total. The number of aromatic nitrogens is 5. The Balaban J connectivity index is 1.60. The molecule has 0 saturated carbocycles. The molecule has 0 radical (unpaired) electrons. The van der Waals surface area contributed by atoms with Crippen LogP contribution in [-0.2, 0) is 13.1 Å². The van der Waals surface area contributed by atoms with Crippen LogP contribution in [0.2, 0.25) is 0 Å². The second-order valence-electron chi connectivity index (χ2n) is 4.90. The second kappa shape index (κ2) is 5.64. The van der Waals surface area contributed by atoms with Crippen molar-refractivity contribution in [3.05, 3.63) is 35.9 Å². The largest absolute Gasteiger partial charge is 0.317 e. The molecule has 0 saturated heterocycles. The van der Waals surface area contributed by atoms with Gasteiger partial charge in [-0.3, -0.25) is 0 Å². The van der Waals surface area contributed by atoms with Gasteiger partial charge in [-0.1, -0.05) is 6.07 Å². The van der Waals surface area contributed by atoms with Crippen molar-refractivity contribution in [3.63, 3.8) is 0 Å². The second-order valence-corrected chi connectivity index (χ2v) is 5.43. The lowest BCUT2D eigenvalue weighted by Gasteiger charge is -2.17. The summed E-state index contributed by atoms with van der Waals surface area (Å²) in [6.45, 7) is 4.72.